The Kier molecular flexibility index (Phi) is 5.92. The van der Waals surface area contributed by atoms with Crippen LogP contribution in [0, 0.1) is 0 Å². The van der Waals surface area contributed by atoms with Crippen molar-refractivity contribution in [3.8, 4) is 0 Å². The van der Waals surface area contributed by atoms with Crippen molar-refractivity contribution in [2.75, 3.05) is 14.1 Å². The first kappa shape index (κ1) is 20.1. The lowest BCUT2D eigenvalue weighted by molar-refractivity contribution is -0.130. The first-order valence-electron chi connectivity index (χ1n) is 9.17. The zero-order chi connectivity index (χ0) is 21.0. The number of hydrogen-bond donors (Lipinski definition) is 2. The number of fused-ring (bicyclic) bond motifs is 1. The summed E-state index contributed by atoms with van der Waals surface area (Å²) in [5.74, 6) is -0.304. The zero-order valence-electron chi connectivity index (χ0n) is 16.3. The van der Waals surface area contributed by atoms with Gasteiger partial charge in [0.2, 0.25) is 5.91 Å². The second kappa shape index (κ2) is 8.55. The second-order valence-electron chi connectivity index (χ2n) is 6.70. The van der Waals surface area contributed by atoms with Crippen LogP contribution in [0.5, 0.6) is 0 Å². The summed E-state index contributed by atoms with van der Waals surface area (Å²) in [6.45, 7) is 0.545. The molecule has 2 aromatic carbocycles. The van der Waals surface area contributed by atoms with Crippen LogP contribution in [0.4, 0.5) is 0 Å². The fraction of sp³-hybridized carbons (Fsp3) is 0.238. The minimum Gasteiger partial charge on any atom is -0.355 e. The van der Waals surface area contributed by atoms with Gasteiger partial charge in [0.15, 0.2) is 0 Å². The van der Waals surface area contributed by atoms with E-state index in [0.717, 1.165) is 5.56 Å². The molecule has 0 atom stereocenters. The van der Waals surface area contributed by atoms with Crippen LogP contribution >= 0.6 is 0 Å². The summed E-state index contributed by atoms with van der Waals surface area (Å²) >= 11 is 0. The number of carbonyl (C=O) groups excluding carboxylic acids is 2. The number of para-hydroxylation sites is 1. The van der Waals surface area contributed by atoms with E-state index in [1.54, 1.807) is 67.5 Å². The topological polar surface area (TPSA) is 104 Å². The number of benzene rings is 2. The largest absolute Gasteiger partial charge is 0.355 e. The van der Waals surface area contributed by atoms with E-state index < -0.39 is 11.2 Å². The first-order chi connectivity index (χ1) is 13.9. The minimum absolute atomic E-state index is 0.114. The second-order valence-corrected chi connectivity index (χ2v) is 6.70. The van der Waals surface area contributed by atoms with Crippen LogP contribution < -0.4 is 16.6 Å². The van der Waals surface area contributed by atoms with Gasteiger partial charge in [0.05, 0.1) is 10.9 Å². The maximum atomic E-state index is 12.5. The molecule has 0 saturated carbocycles. The van der Waals surface area contributed by atoms with E-state index in [1.165, 1.54) is 4.57 Å². The molecule has 0 bridgehead atoms. The Morgan fingerprint density at radius 1 is 1.07 bits per heavy atom. The summed E-state index contributed by atoms with van der Waals surface area (Å²) in [4.78, 5) is 52.1. The molecule has 8 heteroatoms. The first-order valence-corrected chi connectivity index (χ1v) is 9.17. The molecule has 29 heavy (non-hydrogen) atoms. The SMILES string of the molecule is CNC(=O)c1ccc(CN(C)C(=O)CCn2c(=O)[nH]c(=O)c3ccccc32)cc1. The van der Waals surface area contributed by atoms with Crippen molar-refractivity contribution in [2.24, 2.45) is 0 Å². The monoisotopic (exact) mass is 394 g/mol. The highest BCUT2D eigenvalue weighted by Gasteiger charge is 2.13. The van der Waals surface area contributed by atoms with E-state index in [9.17, 15) is 19.2 Å². The Morgan fingerprint density at radius 2 is 1.76 bits per heavy atom. The van der Waals surface area contributed by atoms with Crippen LogP contribution in [-0.4, -0.2) is 40.4 Å². The van der Waals surface area contributed by atoms with Gasteiger partial charge in [-0.15, -0.1) is 0 Å². The lowest BCUT2D eigenvalue weighted by atomic mass is 10.1. The minimum atomic E-state index is -0.533. The number of rotatable bonds is 6. The number of aromatic nitrogens is 2. The number of H-pyrrole nitrogens is 1. The lowest BCUT2D eigenvalue weighted by Gasteiger charge is -2.18. The molecule has 2 amide bonds. The number of nitrogens with one attached hydrogen (secondary N) is 2. The molecule has 0 radical (unpaired) electrons. The van der Waals surface area contributed by atoms with Crippen molar-refractivity contribution >= 4 is 22.7 Å². The molecule has 0 aliphatic rings. The van der Waals surface area contributed by atoms with Crippen molar-refractivity contribution in [2.45, 2.75) is 19.5 Å². The third kappa shape index (κ3) is 4.43. The lowest BCUT2D eigenvalue weighted by Crippen LogP contribution is -2.33. The molecule has 8 nitrogen and oxygen atoms in total. The predicted molar refractivity (Wildman–Crippen MR) is 110 cm³/mol. The molecule has 1 aromatic heterocycles. The maximum absolute atomic E-state index is 12.5. The highest BCUT2D eigenvalue weighted by atomic mass is 16.2. The molecule has 0 aliphatic carbocycles. The summed E-state index contributed by atoms with van der Waals surface area (Å²) in [7, 11) is 3.25. The van der Waals surface area contributed by atoms with Crippen LogP contribution in [0.1, 0.15) is 22.3 Å². The predicted octanol–water partition coefficient (Wildman–Crippen LogP) is 1.10. The smallest absolute Gasteiger partial charge is 0.328 e. The van der Waals surface area contributed by atoms with Gasteiger partial charge < -0.3 is 10.2 Å². The van der Waals surface area contributed by atoms with Crippen molar-refractivity contribution in [3.05, 3.63) is 80.5 Å². The Labute approximate surface area is 166 Å². The average Bonchev–Trinajstić information content (AvgIpc) is 2.73. The molecule has 0 aliphatic heterocycles. The van der Waals surface area contributed by atoms with Crippen molar-refractivity contribution < 1.29 is 9.59 Å². The molecule has 0 fully saturated rings. The van der Waals surface area contributed by atoms with Gasteiger partial charge in [-0.25, -0.2) is 4.79 Å². The quantitative estimate of drug-likeness (QED) is 0.653. The molecule has 1 heterocycles. The van der Waals surface area contributed by atoms with Gasteiger partial charge >= 0.3 is 5.69 Å². The van der Waals surface area contributed by atoms with Gasteiger partial charge in [-0.1, -0.05) is 24.3 Å². The van der Waals surface area contributed by atoms with Gasteiger partial charge in [-0.05, 0) is 29.8 Å². The summed E-state index contributed by atoms with van der Waals surface area (Å²) < 4.78 is 1.40. The summed E-state index contributed by atoms with van der Waals surface area (Å²) in [5, 5.41) is 2.97. The van der Waals surface area contributed by atoms with E-state index in [0.29, 0.717) is 23.0 Å². The molecular formula is C21H22N4O4. The van der Waals surface area contributed by atoms with Crippen molar-refractivity contribution in [1.29, 1.82) is 0 Å². The molecule has 0 saturated heterocycles. The number of nitrogens with zero attached hydrogens (tertiary/aromatic N) is 2. The van der Waals surface area contributed by atoms with Gasteiger partial charge in [-0.3, -0.25) is 23.9 Å². The van der Waals surface area contributed by atoms with E-state index in [2.05, 4.69) is 10.3 Å². The third-order valence-corrected chi connectivity index (χ3v) is 4.74. The van der Waals surface area contributed by atoms with E-state index in [1.807, 2.05) is 0 Å². The Hall–Kier alpha value is -3.68. The molecule has 0 spiro atoms. The zero-order valence-corrected chi connectivity index (χ0v) is 16.3. The van der Waals surface area contributed by atoms with Crippen LogP contribution in [0.25, 0.3) is 10.9 Å². The standard InChI is InChI=1S/C21H22N4O4/c1-22-19(27)15-9-7-14(8-10-15)13-24(2)18(26)11-12-25-17-6-4-3-5-16(17)20(28)23-21(25)29/h3-10H,11-13H2,1-2H3,(H,22,27)(H,23,28,29). The van der Waals surface area contributed by atoms with Crippen molar-refractivity contribution in [3.63, 3.8) is 0 Å². The fourth-order valence-corrected chi connectivity index (χ4v) is 3.13. The number of aromatic amines is 1. The summed E-state index contributed by atoms with van der Waals surface area (Å²) in [6, 6.07) is 13.8. The number of carbonyl (C=O) groups is 2. The van der Waals surface area contributed by atoms with Crippen LogP contribution in [0.2, 0.25) is 0 Å². The maximum Gasteiger partial charge on any atom is 0.328 e. The number of amides is 2. The van der Waals surface area contributed by atoms with Crippen molar-refractivity contribution in [1.82, 2.24) is 19.8 Å². The highest BCUT2D eigenvalue weighted by molar-refractivity contribution is 5.93. The van der Waals surface area contributed by atoms with Gasteiger partial charge in [-0.2, -0.15) is 0 Å². The number of hydrogen-bond acceptors (Lipinski definition) is 4. The highest BCUT2D eigenvalue weighted by Crippen LogP contribution is 2.10. The molecule has 2 N–H and O–H groups in total. The molecule has 3 aromatic rings. The number of aryl methyl sites for hydroxylation is 1. The van der Waals surface area contributed by atoms with E-state index in [-0.39, 0.29) is 24.8 Å². The molecule has 150 valence electrons. The van der Waals surface area contributed by atoms with Gasteiger partial charge in [0, 0.05) is 39.2 Å². The normalized spacial score (nSPS) is 10.7. The van der Waals surface area contributed by atoms with Crippen LogP contribution in [-0.2, 0) is 17.9 Å². The Morgan fingerprint density at radius 3 is 2.45 bits per heavy atom. The van der Waals surface area contributed by atoms with E-state index >= 15 is 0 Å². The van der Waals surface area contributed by atoms with Gasteiger partial charge in [0.1, 0.15) is 0 Å². The van der Waals surface area contributed by atoms with Gasteiger partial charge in [0.25, 0.3) is 11.5 Å². The average molecular weight is 394 g/mol. The third-order valence-electron chi connectivity index (χ3n) is 4.74. The van der Waals surface area contributed by atoms with E-state index in [4.69, 9.17) is 0 Å². The summed E-state index contributed by atoms with van der Waals surface area (Å²) in [5.41, 5.74) is 0.968. The van der Waals surface area contributed by atoms with Crippen LogP contribution in [0.15, 0.2) is 58.1 Å². The Balaban J connectivity index is 1.68. The fourth-order valence-electron chi connectivity index (χ4n) is 3.13. The van der Waals surface area contributed by atoms with Crippen LogP contribution in [0.3, 0.4) is 0 Å². The molecular weight excluding hydrogens is 372 g/mol. The summed E-state index contributed by atoms with van der Waals surface area (Å²) in [6.07, 6.45) is 0.114. The molecule has 3 rings (SSSR count). The molecule has 0 unspecified atom stereocenters. The Bertz CT molecular complexity index is 1160.